The zero-order chi connectivity index (χ0) is 13.2. The van der Waals surface area contributed by atoms with Crippen molar-refractivity contribution >= 4 is 10.0 Å². The minimum absolute atomic E-state index is 0.216. The van der Waals surface area contributed by atoms with Crippen LogP contribution in [0.25, 0.3) is 0 Å². The van der Waals surface area contributed by atoms with Crippen molar-refractivity contribution in [1.82, 2.24) is 15.0 Å². The van der Waals surface area contributed by atoms with Crippen LogP contribution < -0.4 is 10.0 Å². The lowest BCUT2D eigenvalue weighted by Gasteiger charge is -2.29. The van der Waals surface area contributed by atoms with Crippen LogP contribution in [-0.2, 0) is 10.0 Å². The highest BCUT2D eigenvalue weighted by molar-refractivity contribution is 7.89. The molecule has 18 heavy (non-hydrogen) atoms. The molecule has 0 aliphatic carbocycles. The van der Waals surface area contributed by atoms with Crippen LogP contribution >= 0.6 is 0 Å². The van der Waals surface area contributed by atoms with Gasteiger partial charge in [-0.25, -0.2) is 22.5 Å². The third-order valence-corrected chi connectivity index (χ3v) is 4.54. The van der Waals surface area contributed by atoms with Crippen LogP contribution in [-0.4, -0.2) is 32.5 Å². The second-order valence-corrected chi connectivity index (χ2v) is 6.12. The van der Waals surface area contributed by atoms with E-state index in [1.165, 1.54) is 12.3 Å². The van der Waals surface area contributed by atoms with Crippen LogP contribution in [0.15, 0.2) is 23.4 Å². The fraction of sp³-hybridized carbons (Fsp3) is 0.545. The van der Waals surface area contributed by atoms with E-state index in [1.807, 2.05) is 6.92 Å². The Morgan fingerprint density at radius 3 is 3.00 bits per heavy atom. The number of nitrogens with zero attached hydrogens (tertiary/aromatic N) is 1. The molecule has 0 aromatic carbocycles. The number of halogens is 1. The Morgan fingerprint density at radius 2 is 2.33 bits per heavy atom. The van der Waals surface area contributed by atoms with Gasteiger partial charge in [0, 0.05) is 18.8 Å². The Kier molecular flexibility index (Phi) is 3.94. The summed E-state index contributed by atoms with van der Waals surface area (Å²) < 4.78 is 40.0. The van der Waals surface area contributed by atoms with Crippen molar-refractivity contribution < 1.29 is 12.8 Å². The molecule has 2 rings (SSSR count). The number of rotatable bonds is 3. The highest BCUT2D eigenvalue weighted by Gasteiger charge is 2.28. The Balaban J connectivity index is 2.19. The summed E-state index contributed by atoms with van der Waals surface area (Å²) in [5.74, 6) is -0.616. The van der Waals surface area contributed by atoms with Crippen LogP contribution in [0.1, 0.15) is 13.3 Å². The topological polar surface area (TPSA) is 71.1 Å². The summed E-state index contributed by atoms with van der Waals surface area (Å²) in [5, 5.41) is 2.57. The summed E-state index contributed by atoms with van der Waals surface area (Å²) in [4.78, 5) is 3.59. The first-order valence-corrected chi connectivity index (χ1v) is 7.32. The second-order valence-electron chi connectivity index (χ2n) is 4.49. The number of nitrogens with one attached hydrogen (secondary N) is 2. The summed E-state index contributed by atoms with van der Waals surface area (Å²) >= 11 is 0. The molecule has 2 N–H and O–H groups in total. The van der Waals surface area contributed by atoms with Crippen LogP contribution in [0.5, 0.6) is 0 Å². The highest BCUT2D eigenvalue weighted by atomic mass is 32.2. The highest BCUT2D eigenvalue weighted by Crippen LogP contribution is 2.16. The summed E-state index contributed by atoms with van der Waals surface area (Å²) in [7, 11) is -3.90. The first-order valence-electron chi connectivity index (χ1n) is 5.84. The molecule has 0 amide bonds. The summed E-state index contributed by atoms with van der Waals surface area (Å²) in [6, 6.07) is 2.22. The minimum Gasteiger partial charge on any atom is -0.315 e. The fourth-order valence-corrected chi connectivity index (χ4v) is 3.32. The van der Waals surface area contributed by atoms with E-state index in [9.17, 15) is 12.8 Å². The molecule has 1 aromatic rings. The zero-order valence-corrected chi connectivity index (χ0v) is 10.9. The van der Waals surface area contributed by atoms with Crippen LogP contribution in [0.2, 0.25) is 0 Å². The van der Waals surface area contributed by atoms with Gasteiger partial charge in [-0.15, -0.1) is 0 Å². The first kappa shape index (κ1) is 13.4. The predicted octanol–water partition coefficient (Wildman–Crippen LogP) is 0.497. The third kappa shape index (κ3) is 2.85. The molecule has 2 unspecified atom stereocenters. The zero-order valence-electron chi connectivity index (χ0n) is 10.1. The van der Waals surface area contributed by atoms with Gasteiger partial charge in [0.1, 0.15) is 0 Å². The van der Waals surface area contributed by atoms with Gasteiger partial charge in [0.2, 0.25) is 5.03 Å². The van der Waals surface area contributed by atoms with Crippen LogP contribution in [0.3, 0.4) is 0 Å². The van der Waals surface area contributed by atoms with Gasteiger partial charge in [-0.1, -0.05) is 6.92 Å². The second kappa shape index (κ2) is 5.29. The molecule has 1 aliphatic heterocycles. The number of piperidine rings is 1. The Morgan fingerprint density at radius 1 is 1.56 bits per heavy atom. The van der Waals surface area contributed by atoms with Gasteiger partial charge in [-0.2, -0.15) is 0 Å². The number of hydrogen-bond donors (Lipinski definition) is 2. The van der Waals surface area contributed by atoms with Gasteiger partial charge in [-0.05, 0) is 31.0 Å². The van der Waals surface area contributed by atoms with Gasteiger partial charge in [0.05, 0.1) is 0 Å². The van der Waals surface area contributed by atoms with E-state index in [0.29, 0.717) is 6.54 Å². The molecule has 1 fully saturated rings. The van der Waals surface area contributed by atoms with E-state index < -0.39 is 20.9 Å². The van der Waals surface area contributed by atoms with Crippen molar-refractivity contribution in [3.8, 4) is 0 Å². The largest absolute Gasteiger partial charge is 0.315 e. The molecule has 1 aromatic heterocycles. The molecule has 0 radical (unpaired) electrons. The molecule has 0 spiro atoms. The van der Waals surface area contributed by atoms with E-state index >= 15 is 0 Å². The normalized spacial score (nSPS) is 25.0. The maximum atomic E-state index is 13.4. The summed E-state index contributed by atoms with van der Waals surface area (Å²) in [6.45, 7) is 3.40. The smallest absolute Gasteiger partial charge is 0.261 e. The van der Waals surface area contributed by atoms with Crippen molar-refractivity contribution in [2.75, 3.05) is 13.1 Å². The van der Waals surface area contributed by atoms with Crippen molar-refractivity contribution in [3.05, 3.63) is 24.1 Å². The van der Waals surface area contributed by atoms with E-state index in [0.717, 1.165) is 19.0 Å². The molecule has 0 saturated carbocycles. The first-order chi connectivity index (χ1) is 8.50. The Labute approximate surface area is 106 Å². The molecule has 100 valence electrons. The standard InChI is InChI=1S/C11H16FN3O2S/c1-8-4-6-13-7-10(8)15-18(16,17)11-9(12)3-2-5-14-11/h2-3,5,8,10,13,15H,4,6-7H2,1H3. The van der Waals surface area contributed by atoms with Crippen molar-refractivity contribution in [1.29, 1.82) is 0 Å². The van der Waals surface area contributed by atoms with Gasteiger partial charge < -0.3 is 5.32 Å². The minimum atomic E-state index is -3.90. The molecule has 2 heterocycles. The average Bonchev–Trinajstić information content (AvgIpc) is 2.32. The number of hydrogen-bond acceptors (Lipinski definition) is 4. The maximum absolute atomic E-state index is 13.4. The Bertz CT molecular complexity index is 521. The van der Waals surface area contributed by atoms with Gasteiger partial charge in [-0.3, -0.25) is 0 Å². The molecule has 1 aliphatic rings. The molecule has 1 saturated heterocycles. The summed E-state index contributed by atoms with van der Waals surface area (Å²) in [5.41, 5.74) is 0. The van der Waals surface area contributed by atoms with Crippen LogP contribution in [0, 0.1) is 11.7 Å². The molecule has 5 nitrogen and oxygen atoms in total. The Hall–Kier alpha value is -1.05. The lowest BCUT2D eigenvalue weighted by molar-refractivity contribution is 0.326. The predicted molar refractivity (Wildman–Crippen MR) is 65.0 cm³/mol. The SMILES string of the molecule is CC1CCNCC1NS(=O)(=O)c1ncccc1F. The fourth-order valence-electron chi connectivity index (χ4n) is 1.97. The number of aromatic nitrogens is 1. The maximum Gasteiger partial charge on any atom is 0.261 e. The molecule has 2 atom stereocenters. The number of sulfonamides is 1. The monoisotopic (exact) mass is 273 g/mol. The molecular weight excluding hydrogens is 257 g/mol. The molecule has 0 bridgehead atoms. The van der Waals surface area contributed by atoms with Gasteiger partial charge in [0.25, 0.3) is 10.0 Å². The lowest BCUT2D eigenvalue weighted by atomic mass is 9.96. The van der Waals surface area contributed by atoms with Gasteiger partial charge >= 0.3 is 0 Å². The molecule has 7 heteroatoms. The quantitative estimate of drug-likeness (QED) is 0.841. The van der Waals surface area contributed by atoms with Crippen molar-refractivity contribution in [3.63, 3.8) is 0 Å². The van der Waals surface area contributed by atoms with E-state index in [1.54, 1.807) is 0 Å². The molecular formula is C11H16FN3O2S. The van der Waals surface area contributed by atoms with Crippen molar-refractivity contribution in [2.24, 2.45) is 5.92 Å². The van der Waals surface area contributed by atoms with Crippen LogP contribution in [0.4, 0.5) is 4.39 Å². The number of pyridine rings is 1. The third-order valence-electron chi connectivity index (χ3n) is 3.11. The summed E-state index contributed by atoms with van der Waals surface area (Å²) in [6.07, 6.45) is 2.15. The van der Waals surface area contributed by atoms with E-state index in [2.05, 4.69) is 15.0 Å². The average molecular weight is 273 g/mol. The lowest BCUT2D eigenvalue weighted by Crippen LogP contribution is -2.50. The van der Waals surface area contributed by atoms with E-state index in [4.69, 9.17) is 0 Å². The van der Waals surface area contributed by atoms with Crippen molar-refractivity contribution in [2.45, 2.75) is 24.4 Å². The van der Waals surface area contributed by atoms with E-state index in [-0.39, 0.29) is 12.0 Å². The van der Waals surface area contributed by atoms with Gasteiger partial charge in [0.15, 0.2) is 5.82 Å².